The summed E-state index contributed by atoms with van der Waals surface area (Å²) in [6.07, 6.45) is 1.84. The first-order chi connectivity index (χ1) is 19.6. The van der Waals surface area contributed by atoms with Crippen LogP contribution in [0.4, 0.5) is 0 Å². The van der Waals surface area contributed by atoms with Gasteiger partial charge in [0.1, 0.15) is 0 Å². The molecule has 8 rings (SSSR count). The molecular weight excluding hydrogens is 506 g/mol. The topological polar surface area (TPSA) is 38.7 Å². The van der Waals surface area contributed by atoms with Crippen LogP contribution in [-0.2, 0) is 5.41 Å². The fraction of sp³-hybridized carbons (Fsp3) is 0.0833. The Labute approximate surface area is 236 Å². The fourth-order valence-electron chi connectivity index (χ4n) is 6.21. The highest BCUT2D eigenvalue weighted by Crippen LogP contribution is 2.51. The fourth-order valence-corrected chi connectivity index (χ4v) is 7.45. The molecule has 0 amide bonds. The van der Waals surface area contributed by atoms with Gasteiger partial charge in [-0.25, -0.2) is 9.97 Å². The maximum atomic E-state index is 5.19. The summed E-state index contributed by atoms with van der Waals surface area (Å²) < 4.78 is 2.64. The van der Waals surface area contributed by atoms with Crippen molar-refractivity contribution in [2.24, 2.45) is 0 Å². The van der Waals surface area contributed by atoms with Crippen molar-refractivity contribution in [2.45, 2.75) is 19.3 Å². The smallest absolute Gasteiger partial charge is 0.160 e. The lowest BCUT2D eigenvalue weighted by Gasteiger charge is -2.23. The van der Waals surface area contributed by atoms with Crippen LogP contribution in [0.5, 0.6) is 0 Å². The summed E-state index contributed by atoms with van der Waals surface area (Å²) in [6.45, 7) is 4.52. The molecular formula is C36H25N3S. The van der Waals surface area contributed by atoms with Crippen LogP contribution in [0.25, 0.3) is 65.3 Å². The molecule has 1 aliphatic carbocycles. The Kier molecular flexibility index (Phi) is 5.04. The predicted octanol–water partition coefficient (Wildman–Crippen LogP) is 9.55. The molecule has 0 spiro atoms. The number of hydrogen-bond donors (Lipinski definition) is 0. The highest BCUT2D eigenvalue weighted by Gasteiger charge is 2.40. The molecule has 3 aromatic heterocycles. The second-order valence-electron chi connectivity index (χ2n) is 10.9. The minimum Gasteiger partial charge on any atom is -0.255 e. The zero-order valence-electron chi connectivity index (χ0n) is 22.2. The number of benzene rings is 4. The zero-order valence-corrected chi connectivity index (χ0v) is 23.0. The molecule has 190 valence electrons. The molecule has 0 saturated heterocycles. The first-order valence-corrected chi connectivity index (χ1v) is 14.4. The van der Waals surface area contributed by atoms with Crippen LogP contribution in [0.3, 0.4) is 0 Å². The first-order valence-electron chi connectivity index (χ1n) is 13.5. The van der Waals surface area contributed by atoms with E-state index in [-0.39, 0.29) is 5.41 Å². The van der Waals surface area contributed by atoms with E-state index in [9.17, 15) is 0 Å². The van der Waals surface area contributed by atoms with Crippen LogP contribution < -0.4 is 0 Å². The van der Waals surface area contributed by atoms with E-state index in [1.54, 1.807) is 0 Å². The highest BCUT2D eigenvalue weighted by molar-refractivity contribution is 7.26. The molecule has 0 unspecified atom stereocenters. The van der Waals surface area contributed by atoms with Gasteiger partial charge in [-0.3, -0.25) is 4.98 Å². The Bertz CT molecular complexity index is 2070. The Morgan fingerprint density at radius 1 is 0.600 bits per heavy atom. The molecule has 4 aromatic carbocycles. The normalized spacial score (nSPS) is 13.4. The molecule has 0 saturated carbocycles. The lowest BCUT2D eigenvalue weighted by atomic mass is 9.81. The van der Waals surface area contributed by atoms with Gasteiger partial charge in [0.25, 0.3) is 0 Å². The molecule has 1 aliphatic rings. The van der Waals surface area contributed by atoms with Gasteiger partial charge in [0, 0.05) is 48.5 Å². The number of hydrogen-bond acceptors (Lipinski definition) is 4. The summed E-state index contributed by atoms with van der Waals surface area (Å²) in [5.41, 5.74) is 9.60. The Morgan fingerprint density at radius 3 is 2.15 bits per heavy atom. The Balaban J connectivity index is 1.29. The molecule has 0 bridgehead atoms. The van der Waals surface area contributed by atoms with Gasteiger partial charge in [-0.15, -0.1) is 11.3 Å². The van der Waals surface area contributed by atoms with Crippen molar-refractivity contribution < 1.29 is 0 Å². The van der Waals surface area contributed by atoms with Crippen molar-refractivity contribution in [3.63, 3.8) is 0 Å². The molecule has 4 heteroatoms. The maximum absolute atomic E-state index is 5.19. The third kappa shape index (κ3) is 3.39. The predicted molar refractivity (Wildman–Crippen MR) is 167 cm³/mol. The van der Waals surface area contributed by atoms with Gasteiger partial charge in [0.05, 0.1) is 17.1 Å². The molecule has 0 atom stereocenters. The van der Waals surface area contributed by atoms with Crippen LogP contribution in [0.2, 0.25) is 0 Å². The lowest BCUT2D eigenvalue weighted by molar-refractivity contribution is 0.657. The summed E-state index contributed by atoms with van der Waals surface area (Å²) in [4.78, 5) is 15.1. The molecule has 3 nitrogen and oxygen atoms in total. The largest absolute Gasteiger partial charge is 0.255 e. The molecule has 0 aliphatic heterocycles. The van der Waals surface area contributed by atoms with Gasteiger partial charge >= 0.3 is 0 Å². The van der Waals surface area contributed by atoms with Crippen molar-refractivity contribution >= 4 is 31.5 Å². The van der Waals surface area contributed by atoms with Gasteiger partial charge in [0.15, 0.2) is 5.82 Å². The molecule has 0 N–H and O–H groups in total. The second kappa shape index (κ2) is 8.67. The third-order valence-corrected chi connectivity index (χ3v) is 9.38. The first kappa shape index (κ1) is 23.2. The molecule has 7 aromatic rings. The third-order valence-electron chi connectivity index (χ3n) is 8.16. The van der Waals surface area contributed by atoms with Crippen molar-refractivity contribution in [2.75, 3.05) is 0 Å². The van der Waals surface area contributed by atoms with Crippen LogP contribution in [-0.4, -0.2) is 15.0 Å². The SMILES string of the molecule is CC1(C)c2ccccc2-c2nc(-c3ccc(-c4cccc5c4sc4ccccc45)cc3)nc(-c3ccccn3)c21. The van der Waals surface area contributed by atoms with Crippen molar-refractivity contribution in [1.29, 1.82) is 0 Å². The number of pyridine rings is 1. The maximum Gasteiger partial charge on any atom is 0.160 e. The van der Waals surface area contributed by atoms with Gasteiger partial charge in [-0.05, 0) is 34.9 Å². The summed E-state index contributed by atoms with van der Waals surface area (Å²) in [5, 5.41) is 2.63. The zero-order chi connectivity index (χ0) is 26.8. The average Bonchev–Trinajstić information content (AvgIpc) is 3.50. The number of aromatic nitrogens is 3. The molecule has 0 radical (unpaired) electrons. The monoisotopic (exact) mass is 531 g/mol. The summed E-state index contributed by atoms with van der Waals surface area (Å²) in [5.74, 6) is 0.721. The minimum absolute atomic E-state index is 0.218. The molecule has 3 heterocycles. The van der Waals surface area contributed by atoms with Crippen molar-refractivity contribution in [3.05, 3.63) is 127 Å². The number of thiophene rings is 1. The summed E-state index contributed by atoms with van der Waals surface area (Å²) >= 11 is 1.86. The number of nitrogens with zero attached hydrogens (tertiary/aromatic N) is 3. The molecule has 40 heavy (non-hydrogen) atoms. The van der Waals surface area contributed by atoms with Gasteiger partial charge in [-0.2, -0.15) is 0 Å². The van der Waals surface area contributed by atoms with Crippen LogP contribution in [0.1, 0.15) is 25.0 Å². The van der Waals surface area contributed by atoms with E-state index in [1.165, 1.54) is 42.4 Å². The number of fused-ring (bicyclic) bond motifs is 6. The van der Waals surface area contributed by atoms with Crippen LogP contribution in [0.15, 0.2) is 115 Å². The Hall–Kier alpha value is -4.67. The van der Waals surface area contributed by atoms with Crippen molar-refractivity contribution in [1.82, 2.24) is 15.0 Å². The quantitative estimate of drug-likeness (QED) is 0.228. The van der Waals surface area contributed by atoms with E-state index in [4.69, 9.17) is 15.0 Å². The van der Waals surface area contributed by atoms with Crippen molar-refractivity contribution in [3.8, 4) is 45.2 Å². The van der Waals surface area contributed by atoms with Gasteiger partial charge < -0.3 is 0 Å². The molecule has 0 fully saturated rings. The second-order valence-corrected chi connectivity index (χ2v) is 11.9. The number of rotatable bonds is 3. The highest BCUT2D eigenvalue weighted by atomic mass is 32.1. The Morgan fingerprint density at radius 2 is 1.30 bits per heavy atom. The van der Waals surface area contributed by atoms with E-state index in [0.717, 1.165) is 34.0 Å². The van der Waals surface area contributed by atoms with E-state index in [2.05, 4.69) is 105 Å². The van der Waals surface area contributed by atoms with E-state index < -0.39 is 0 Å². The summed E-state index contributed by atoms with van der Waals surface area (Å²) in [7, 11) is 0. The van der Waals surface area contributed by atoms with Crippen LogP contribution >= 0.6 is 11.3 Å². The van der Waals surface area contributed by atoms with Crippen LogP contribution in [0, 0.1) is 0 Å². The lowest BCUT2D eigenvalue weighted by Crippen LogP contribution is -2.17. The van der Waals surface area contributed by atoms with E-state index in [0.29, 0.717) is 0 Å². The van der Waals surface area contributed by atoms with E-state index >= 15 is 0 Å². The average molecular weight is 532 g/mol. The van der Waals surface area contributed by atoms with E-state index in [1.807, 2.05) is 35.7 Å². The minimum atomic E-state index is -0.218. The van der Waals surface area contributed by atoms with Gasteiger partial charge in [0.2, 0.25) is 0 Å². The summed E-state index contributed by atoms with van der Waals surface area (Å²) in [6, 6.07) is 38.5. The van der Waals surface area contributed by atoms with Gasteiger partial charge in [-0.1, -0.05) is 105 Å². The standard InChI is InChI=1S/C36H25N3S/c1-36(2)28-14-5-3-11-27(28)32-31(36)33(29-15-7-8-21-37-29)39-35(38-32)23-19-17-22(18-20-23)24-12-9-13-26-25-10-4-6-16-30(25)40-34(24)26/h3-21H,1-2H3.